The van der Waals surface area contributed by atoms with Crippen LogP contribution in [0, 0.1) is 18.2 Å². The maximum absolute atomic E-state index is 12.7. The Morgan fingerprint density at radius 2 is 2.43 bits per heavy atom. The first kappa shape index (κ1) is 10.3. The second kappa shape index (κ2) is 5.76. The third-order valence-corrected chi connectivity index (χ3v) is 1.46. The van der Waals surface area contributed by atoms with E-state index < -0.39 is 0 Å². The topological polar surface area (TPSA) is 21.6 Å². The van der Waals surface area contributed by atoms with Crippen molar-refractivity contribution in [3.63, 3.8) is 0 Å². The fourth-order valence-corrected chi connectivity index (χ4v) is 0.842. The molecular weight excluding hydrogens is 181 g/mol. The molecule has 0 aromatic heterocycles. The van der Waals surface area contributed by atoms with Crippen molar-refractivity contribution in [1.82, 2.24) is 0 Å². The molecule has 0 radical (unpaired) electrons. The lowest BCUT2D eigenvalue weighted by Crippen LogP contribution is -1.87. The van der Waals surface area contributed by atoms with E-state index in [0.717, 1.165) is 0 Å². The molecular formula is C11H10FNO. The van der Waals surface area contributed by atoms with Gasteiger partial charge in [0, 0.05) is 6.42 Å². The van der Waals surface area contributed by atoms with Crippen LogP contribution in [0.4, 0.5) is 4.39 Å². The SMILES string of the molecule is C#CCCON=Cc1cccc(F)c1. The van der Waals surface area contributed by atoms with E-state index in [1.807, 2.05) is 0 Å². The highest BCUT2D eigenvalue weighted by atomic mass is 19.1. The standard InChI is InChI=1S/C11H10FNO/c1-2-3-7-14-13-9-10-5-4-6-11(12)8-10/h1,4-6,8-9H,3,7H2. The van der Waals surface area contributed by atoms with Gasteiger partial charge >= 0.3 is 0 Å². The first-order valence-corrected chi connectivity index (χ1v) is 4.17. The van der Waals surface area contributed by atoms with Gasteiger partial charge in [0.1, 0.15) is 12.4 Å². The number of rotatable bonds is 4. The molecule has 2 nitrogen and oxygen atoms in total. The molecule has 0 fully saturated rings. The van der Waals surface area contributed by atoms with Crippen molar-refractivity contribution in [2.24, 2.45) is 5.16 Å². The number of nitrogens with zero attached hydrogens (tertiary/aromatic N) is 1. The summed E-state index contributed by atoms with van der Waals surface area (Å²) < 4.78 is 12.7. The van der Waals surface area contributed by atoms with E-state index in [1.165, 1.54) is 18.3 Å². The Hall–Kier alpha value is -1.82. The van der Waals surface area contributed by atoms with Gasteiger partial charge in [-0.3, -0.25) is 0 Å². The summed E-state index contributed by atoms with van der Waals surface area (Å²) in [6.07, 6.45) is 6.97. The lowest BCUT2D eigenvalue weighted by Gasteiger charge is -1.94. The van der Waals surface area contributed by atoms with Crippen molar-refractivity contribution >= 4 is 6.21 Å². The van der Waals surface area contributed by atoms with Crippen LogP contribution in [0.3, 0.4) is 0 Å². The second-order valence-corrected chi connectivity index (χ2v) is 2.58. The Morgan fingerprint density at radius 1 is 1.57 bits per heavy atom. The van der Waals surface area contributed by atoms with Crippen LogP contribution in [-0.4, -0.2) is 12.8 Å². The molecule has 72 valence electrons. The molecule has 0 saturated carbocycles. The molecule has 0 saturated heterocycles. The molecule has 14 heavy (non-hydrogen) atoms. The highest BCUT2D eigenvalue weighted by Crippen LogP contribution is 2.00. The molecule has 0 aliphatic heterocycles. The highest BCUT2D eigenvalue weighted by molar-refractivity contribution is 5.78. The van der Waals surface area contributed by atoms with Crippen molar-refractivity contribution in [3.05, 3.63) is 35.6 Å². The molecule has 0 aliphatic rings. The maximum atomic E-state index is 12.7. The Morgan fingerprint density at radius 3 is 3.14 bits per heavy atom. The van der Waals surface area contributed by atoms with E-state index in [2.05, 4.69) is 11.1 Å². The third kappa shape index (κ3) is 3.72. The maximum Gasteiger partial charge on any atom is 0.128 e. The second-order valence-electron chi connectivity index (χ2n) is 2.58. The van der Waals surface area contributed by atoms with Gasteiger partial charge in [0.2, 0.25) is 0 Å². The molecule has 0 aliphatic carbocycles. The third-order valence-electron chi connectivity index (χ3n) is 1.46. The predicted octanol–water partition coefficient (Wildman–Crippen LogP) is 2.20. The van der Waals surface area contributed by atoms with Gasteiger partial charge in [0.05, 0.1) is 6.21 Å². The molecule has 1 aromatic rings. The van der Waals surface area contributed by atoms with Crippen LogP contribution in [0.2, 0.25) is 0 Å². The van der Waals surface area contributed by atoms with E-state index in [-0.39, 0.29) is 5.82 Å². The van der Waals surface area contributed by atoms with Crippen LogP contribution in [0.25, 0.3) is 0 Å². The van der Waals surface area contributed by atoms with Crippen molar-refractivity contribution in [3.8, 4) is 12.3 Å². The first-order chi connectivity index (χ1) is 6.83. The molecule has 0 unspecified atom stereocenters. The molecule has 0 bridgehead atoms. The van der Waals surface area contributed by atoms with Gasteiger partial charge in [-0.15, -0.1) is 12.3 Å². The summed E-state index contributed by atoms with van der Waals surface area (Å²) in [5.41, 5.74) is 0.658. The lowest BCUT2D eigenvalue weighted by atomic mass is 10.2. The fourth-order valence-electron chi connectivity index (χ4n) is 0.842. The van der Waals surface area contributed by atoms with Crippen LogP contribution in [0.5, 0.6) is 0 Å². The molecule has 0 amide bonds. The van der Waals surface area contributed by atoms with Crippen molar-refractivity contribution < 1.29 is 9.23 Å². The van der Waals surface area contributed by atoms with E-state index >= 15 is 0 Å². The monoisotopic (exact) mass is 191 g/mol. The van der Waals surface area contributed by atoms with Gasteiger partial charge in [-0.1, -0.05) is 17.3 Å². The summed E-state index contributed by atoms with van der Waals surface area (Å²) in [4.78, 5) is 4.82. The van der Waals surface area contributed by atoms with Gasteiger partial charge in [-0.05, 0) is 17.7 Å². The van der Waals surface area contributed by atoms with Crippen molar-refractivity contribution in [1.29, 1.82) is 0 Å². The summed E-state index contributed by atoms with van der Waals surface area (Å²) in [6.45, 7) is 0.377. The summed E-state index contributed by atoms with van der Waals surface area (Å²) in [7, 11) is 0. The largest absolute Gasteiger partial charge is 0.395 e. The Bertz CT molecular complexity index is 355. The number of hydrogen-bond donors (Lipinski definition) is 0. The summed E-state index contributed by atoms with van der Waals surface area (Å²) >= 11 is 0. The molecule has 0 spiro atoms. The Balaban J connectivity index is 2.41. The molecule has 0 heterocycles. The number of halogens is 1. The zero-order valence-corrected chi connectivity index (χ0v) is 7.61. The van der Waals surface area contributed by atoms with Crippen molar-refractivity contribution in [2.45, 2.75) is 6.42 Å². The smallest absolute Gasteiger partial charge is 0.128 e. The van der Waals surface area contributed by atoms with Crippen LogP contribution in [0.15, 0.2) is 29.4 Å². The Labute approximate surface area is 82.4 Å². The molecule has 3 heteroatoms. The van der Waals surface area contributed by atoms with Gasteiger partial charge in [0.15, 0.2) is 0 Å². The van der Waals surface area contributed by atoms with Gasteiger partial charge in [-0.2, -0.15) is 0 Å². The predicted molar refractivity (Wildman–Crippen MR) is 53.4 cm³/mol. The van der Waals surface area contributed by atoms with Gasteiger partial charge < -0.3 is 4.84 Å². The van der Waals surface area contributed by atoms with Crippen LogP contribution in [0.1, 0.15) is 12.0 Å². The molecule has 0 N–H and O–H groups in total. The average Bonchev–Trinajstić information content (AvgIpc) is 2.18. The lowest BCUT2D eigenvalue weighted by molar-refractivity contribution is 0.152. The molecule has 0 atom stereocenters. The number of hydrogen-bond acceptors (Lipinski definition) is 2. The minimum absolute atomic E-state index is 0.294. The zero-order chi connectivity index (χ0) is 10.2. The Kier molecular flexibility index (Phi) is 4.22. The van der Waals surface area contributed by atoms with E-state index in [4.69, 9.17) is 11.3 Å². The first-order valence-electron chi connectivity index (χ1n) is 4.17. The van der Waals surface area contributed by atoms with E-state index in [0.29, 0.717) is 18.6 Å². The minimum Gasteiger partial charge on any atom is -0.395 e. The summed E-state index contributed by atoms with van der Waals surface area (Å²) in [5.74, 6) is 2.12. The highest BCUT2D eigenvalue weighted by Gasteiger charge is 1.90. The van der Waals surface area contributed by atoms with Crippen LogP contribution < -0.4 is 0 Å². The zero-order valence-electron chi connectivity index (χ0n) is 7.61. The minimum atomic E-state index is -0.294. The van der Waals surface area contributed by atoms with Gasteiger partial charge in [0.25, 0.3) is 0 Å². The number of oxime groups is 1. The fraction of sp³-hybridized carbons (Fsp3) is 0.182. The molecule has 1 aromatic carbocycles. The number of benzene rings is 1. The normalized spacial score (nSPS) is 10.0. The van der Waals surface area contributed by atoms with E-state index in [9.17, 15) is 4.39 Å². The number of terminal acetylenes is 1. The quantitative estimate of drug-likeness (QED) is 0.309. The summed E-state index contributed by atoms with van der Waals surface area (Å²) in [5, 5.41) is 3.63. The van der Waals surface area contributed by atoms with Crippen LogP contribution >= 0.6 is 0 Å². The van der Waals surface area contributed by atoms with Crippen molar-refractivity contribution in [2.75, 3.05) is 6.61 Å². The summed E-state index contributed by atoms with van der Waals surface area (Å²) in [6, 6.07) is 6.08. The average molecular weight is 191 g/mol. The molecule has 1 rings (SSSR count). The van der Waals surface area contributed by atoms with Crippen LogP contribution in [-0.2, 0) is 4.84 Å². The van der Waals surface area contributed by atoms with Gasteiger partial charge in [-0.25, -0.2) is 4.39 Å². The van der Waals surface area contributed by atoms with E-state index in [1.54, 1.807) is 12.1 Å².